The fourth-order valence-electron chi connectivity index (χ4n) is 1.42. The zero-order valence-corrected chi connectivity index (χ0v) is 10.7. The van der Waals surface area contributed by atoms with E-state index in [0.717, 1.165) is 12.5 Å². The summed E-state index contributed by atoms with van der Waals surface area (Å²) in [6.07, 6.45) is 0.786. The van der Waals surface area contributed by atoms with Gasteiger partial charge in [0.25, 0.3) is 0 Å². The molecule has 1 aromatic rings. The molecule has 0 spiro atoms. The molecule has 18 heavy (non-hydrogen) atoms. The fourth-order valence-corrected chi connectivity index (χ4v) is 1.42. The van der Waals surface area contributed by atoms with E-state index in [1.807, 2.05) is 20.8 Å². The largest absolute Gasteiger partial charge is 0.478 e. The summed E-state index contributed by atoms with van der Waals surface area (Å²) >= 11 is 0. The maximum atomic E-state index is 13.5. The highest BCUT2D eigenvalue weighted by Crippen LogP contribution is 2.22. The van der Waals surface area contributed by atoms with Crippen LogP contribution in [0.15, 0.2) is 12.1 Å². The molecular formula is C13H17F2NO2. The van der Waals surface area contributed by atoms with Crippen LogP contribution in [0.3, 0.4) is 0 Å². The lowest BCUT2D eigenvalue weighted by molar-refractivity contribution is 0.0690. The minimum absolute atomic E-state index is 0.0123. The molecule has 0 aliphatic rings. The number of hydrogen-bond acceptors (Lipinski definition) is 2. The molecule has 0 fully saturated rings. The minimum atomic E-state index is -1.48. The third-order valence-electron chi connectivity index (χ3n) is 2.50. The predicted octanol–water partition coefficient (Wildman–Crippen LogP) is 3.51. The highest BCUT2D eigenvalue weighted by Gasteiger charge is 2.18. The van der Waals surface area contributed by atoms with Gasteiger partial charge in [-0.25, -0.2) is 13.6 Å². The molecule has 3 nitrogen and oxygen atoms in total. The van der Waals surface area contributed by atoms with E-state index in [4.69, 9.17) is 5.11 Å². The lowest BCUT2D eigenvalue weighted by atomic mass is 9.92. The first-order valence-corrected chi connectivity index (χ1v) is 5.67. The zero-order valence-electron chi connectivity index (χ0n) is 10.7. The molecule has 0 heterocycles. The van der Waals surface area contributed by atoms with Gasteiger partial charge in [-0.3, -0.25) is 0 Å². The van der Waals surface area contributed by atoms with E-state index < -0.39 is 23.2 Å². The van der Waals surface area contributed by atoms with Crippen molar-refractivity contribution in [3.8, 4) is 0 Å². The summed E-state index contributed by atoms with van der Waals surface area (Å²) in [5.74, 6) is -3.96. The molecule has 0 bridgehead atoms. The molecule has 5 heteroatoms. The van der Waals surface area contributed by atoms with Crippen molar-refractivity contribution in [2.75, 3.05) is 11.9 Å². The Morgan fingerprint density at radius 1 is 1.28 bits per heavy atom. The number of halogens is 2. The van der Waals surface area contributed by atoms with E-state index in [1.165, 1.54) is 6.07 Å². The van der Waals surface area contributed by atoms with Gasteiger partial charge in [-0.2, -0.15) is 0 Å². The van der Waals surface area contributed by atoms with Crippen LogP contribution in [-0.2, 0) is 0 Å². The molecule has 0 aliphatic heterocycles. The molecule has 0 aromatic heterocycles. The topological polar surface area (TPSA) is 49.3 Å². The second-order valence-electron chi connectivity index (χ2n) is 5.33. The maximum absolute atomic E-state index is 13.5. The number of carboxylic acid groups (broad SMARTS) is 1. The van der Waals surface area contributed by atoms with Gasteiger partial charge in [0.05, 0.1) is 11.3 Å². The van der Waals surface area contributed by atoms with Gasteiger partial charge in [-0.15, -0.1) is 0 Å². The van der Waals surface area contributed by atoms with Gasteiger partial charge in [-0.05, 0) is 24.0 Å². The van der Waals surface area contributed by atoms with Gasteiger partial charge in [0.15, 0.2) is 11.6 Å². The van der Waals surface area contributed by atoms with Crippen molar-refractivity contribution in [1.82, 2.24) is 0 Å². The van der Waals surface area contributed by atoms with Gasteiger partial charge >= 0.3 is 5.97 Å². The number of carboxylic acids is 1. The van der Waals surface area contributed by atoms with Crippen LogP contribution >= 0.6 is 0 Å². The number of aromatic carboxylic acids is 1. The molecule has 0 amide bonds. The van der Waals surface area contributed by atoms with Gasteiger partial charge in [0, 0.05) is 6.54 Å². The van der Waals surface area contributed by atoms with Crippen molar-refractivity contribution in [3.05, 3.63) is 29.3 Å². The second kappa shape index (κ2) is 5.33. The summed E-state index contributed by atoms with van der Waals surface area (Å²) in [4.78, 5) is 10.6. The molecule has 0 radical (unpaired) electrons. The molecule has 100 valence electrons. The Morgan fingerprint density at radius 2 is 1.89 bits per heavy atom. The summed E-state index contributed by atoms with van der Waals surface area (Å²) in [5, 5.41) is 11.4. The Morgan fingerprint density at radius 3 is 2.39 bits per heavy atom. The van der Waals surface area contributed by atoms with Crippen LogP contribution < -0.4 is 5.32 Å². The highest BCUT2D eigenvalue weighted by atomic mass is 19.2. The third-order valence-corrected chi connectivity index (χ3v) is 2.50. The Bertz CT molecular complexity index is 453. The predicted molar refractivity (Wildman–Crippen MR) is 65.9 cm³/mol. The molecule has 1 aromatic carbocycles. The van der Waals surface area contributed by atoms with Crippen LogP contribution in [0.25, 0.3) is 0 Å². The van der Waals surface area contributed by atoms with Crippen LogP contribution in [-0.4, -0.2) is 17.6 Å². The van der Waals surface area contributed by atoms with Gasteiger partial charge < -0.3 is 10.4 Å². The van der Waals surface area contributed by atoms with E-state index in [-0.39, 0.29) is 11.1 Å². The smallest absolute Gasteiger partial charge is 0.338 e. The molecule has 2 N–H and O–H groups in total. The summed E-state index contributed by atoms with van der Waals surface area (Å²) < 4.78 is 26.9. The Balaban J connectivity index is 2.80. The molecular weight excluding hydrogens is 240 g/mol. The van der Waals surface area contributed by atoms with Crippen molar-refractivity contribution in [1.29, 1.82) is 0 Å². The van der Waals surface area contributed by atoms with Crippen LogP contribution in [0.2, 0.25) is 0 Å². The van der Waals surface area contributed by atoms with Gasteiger partial charge in [0.2, 0.25) is 0 Å². The lowest BCUT2D eigenvalue weighted by Gasteiger charge is -2.18. The van der Waals surface area contributed by atoms with E-state index >= 15 is 0 Å². The summed E-state index contributed by atoms with van der Waals surface area (Å²) in [7, 11) is 0. The zero-order chi connectivity index (χ0) is 13.9. The Labute approximate surface area is 105 Å². The fraction of sp³-hybridized carbons (Fsp3) is 0.462. The normalized spacial score (nSPS) is 11.4. The van der Waals surface area contributed by atoms with Crippen molar-refractivity contribution < 1.29 is 18.7 Å². The Hall–Kier alpha value is -1.65. The van der Waals surface area contributed by atoms with E-state index in [2.05, 4.69) is 5.32 Å². The molecule has 0 atom stereocenters. The number of nitrogens with one attached hydrogen (secondary N) is 1. The van der Waals surface area contributed by atoms with Crippen LogP contribution in [0.1, 0.15) is 37.6 Å². The van der Waals surface area contributed by atoms with Gasteiger partial charge in [0.1, 0.15) is 0 Å². The number of carbonyl (C=O) groups is 1. The number of rotatable bonds is 4. The van der Waals surface area contributed by atoms with Crippen molar-refractivity contribution in [2.45, 2.75) is 27.2 Å². The van der Waals surface area contributed by atoms with Crippen LogP contribution in [0.5, 0.6) is 0 Å². The molecule has 1 rings (SSSR count). The quantitative estimate of drug-likeness (QED) is 0.867. The van der Waals surface area contributed by atoms with Crippen molar-refractivity contribution >= 4 is 11.7 Å². The average Bonchev–Trinajstić information content (AvgIpc) is 2.22. The number of benzene rings is 1. The SMILES string of the molecule is CC(C)(C)CCNc1ccc(C(=O)O)c(F)c1F. The molecule has 0 aliphatic carbocycles. The first-order valence-electron chi connectivity index (χ1n) is 5.67. The van der Waals surface area contributed by atoms with Crippen LogP contribution in [0.4, 0.5) is 14.5 Å². The van der Waals surface area contributed by atoms with Crippen molar-refractivity contribution in [2.24, 2.45) is 5.41 Å². The van der Waals surface area contributed by atoms with Crippen LogP contribution in [0, 0.1) is 17.0 Å². The third kappa shape index (κ3) is 3.68. The second-order valence-corrected chi connectivity index (χ2v) is 5.33. The number of hydrogen-bond donors (Lipinski definition) is 2. The van der Waals surface area contributed by atoms with Gasteiger partial charge in [-0.1, -0.05) is 20.8 Å². The first kappa shape index (κ1) is 14.4. The summed E-state index contributed by atoms with van der Waals surface area (Å²) in [6.45, 7) is 6.61. The highest BCUT2D eigenvalue weighted by molar-refractivity contribution is 5.88. The maximum Gasteiger partial charge on any atom is 0.338 e. The summed E-state index contributed by atoms with van der Waals surface area (Å²) in [5.41, 5.74) is -0.584. The number of anilines is 1. The van der Waals surface area contributed by atoms with E-state index in [9.17, 15) is 13.6 Å². The van der Waals surface area contributed by atoms with Crippen molar-refractivity contribution in [3.63, 3.8) is 0 Å². The molecule has 0 saturated heterocycles. The first-order chi connectivity index (χ1) is 8.22. The Kier molecular flexibility index (Phi) is 4.27. The monoisotopic (exact) mass is 257 g/mol. The van der Waals surface area contributed by atoms with E-state index in [1.54, 1.807) is 0 Å². The summed E-state index contributed by atoms with van der Waals surface area (Å²) in [6, 6.07) is 2.30. The molecule has 0 saturated carbocycles. The standard InChI is InChI=1S/C13H17F2NO2/c1-13(2,3)6-7-16-9-5-4-8(12(17)18)10(14)11(9)15/h4-5,16H,6-7H2,1-3H3,(H,17,18). The van der Waals surface area contributed by atoms with E-state index in [0.29, 0.717) is 6.54 Å². The molecule has 0 unspecified atom stereocenters. The minimum Gasteiger partial charge on any atom is -0.478 e. The lowest BCUT2D eigenvalue weighted by Crippen LogP contribution is -2.14. The average molecular weight is 257 g/mol.